The molecule has 5 heteroatoms. The molecular weight excluding hydrogens is 231 g/mol. The summed E-state index contributed by atoms with van der Waals surface area (Å²) in [5.74, 6) is 0. The molecule has 0 heterocycles. The topological polar surface area (TPSA) is 35.2 Å². The van der Waals surface area contributed by atoms with E-state index in [0.29, 0.717) is 18.7 Å². The SMILES string of the molecule is Nc1cccc(CCCOCCC(F)(F)F)c1. The molecule has 0 aliphatic rings. The molecule has 0 spiro atoms. The lowest BCUT2D eigenvalue weighted by Gasteiger charge is -2.07. The predicted molar refractivity (Wildman–Crippen MR) is 60.7 cm³/mol. The van der Waals surface area contributed by atoms with Crippen molar-refractivity contribution in [1.29, 1.82) is 0 Å². The van der Waals surface area contributed by atoms with Crippen LogP contribution in [0.3, 0.4) is 0 Å². The standard InChI is InChI=1S/C12H16F3NO/c13-12(14,15)6-8-17-7-2-4-10-3-1-5-11(16)9-10/h1,3,5,9H,2,4,6-8,16H2. The predicted octanol–water partition coefficient (Wildman–Crippen LogP) is 3.17. The summed E-state index contributed by atoms with van der Waals surface area (Å²) in [6.45, 7) is 0.0747. The molecule has 2 N–H and O–H groups in total. The molecule has 0 unspecified atom stereocenters. The third-order valence-corrected chi connectivity index (χ3v) is 2.24. The van der Waals surface area contributed by atoms with Crippen molar-refractivity contribution in [3.63, 3.8) is 0 Å². The van der Waals surface area contributed by atoms with Crippen LogP contribution in [0.25, 0.3) is 0 Å². The molecule has 0 saturated heterocycles. The molecular formula is C12H16F3NO. The summed E-state index contributed by atoms with van der Waals surface area (Å²) in [7, 11) is 0. The van der Waals surface area contributed by atoms with Gasteiger partial charge in [0.05, 0.1) is 13.0 Å². The van der Waals surface area contributed by atoms with E-state index in [-0.39, 0.29) is 6.61 Å². The van der Waals surface area contributed by atoms with E-state index in [1.54, 1.807) is 6.07 Å². The lowest BCUT2D eigenvalue weighted by atomic mass is 10.1. The van der Waals surface area contributed by atoms with E-state index in [0.717, 1.165) is 12.0 Å². The second kappa shape index (κ2) is 6.49. The van der Waals surface area contributed by atoms with Crippen LogP contribution < -0.4 is 5.73 Å². The van der Waals surface area contributed by atoms with Crippen molar-refractivity contribution in [1.82, 2.24) is 0 Å². The van der Waals surface area contributed by atoms with Gasteiger partial charge in [0, 0.05) is 12.3 Å². The zero-order chi connectivity index (χ0) is 12.7. The number of hydrogen-bond donors (Lipinski definition) is 1. The molecule has 2 nitrogen and oxygen atoms in total. The maximum atomic E-state index is 11.8. The fourth-order valence-corrected chi connectivity index (χ4v) is 1.42. The van der Waals surface area contributed by atoms with Gasteiger partial charge in [-0.25, -0.2) is 0 Å². The van der Waals surface area contributed by atoms with Gasteiger partial charge in [-0.1, -0.05) is 12.1 Å². The summed E-state index contributed by atoms with van der Waals surface area (Å²) >= 11 is 0. The Morgan fingerprint density at radius 2 is 1.94 bits per heavy atom. The Labute approximate surface area is 98.6 Å². The van der Waals surface area contributed by atoms with E-state index in [2.05, 4.69) is 0 Å². The van der Waals surface area contributed by atoms with Crippen LogP contribution in [0.5, 0.6) is 0 Å². The highest BCUT2D eigenvalue weighted by Crippen LogP contribution is 2.19. The quantitative estimate of drug-likeness (QED) is 0.619. The molecule has 0 saturated carbocycles. The number of rotatable bonds is 6. The number of hydrogen-bond acceptors (Lipinski definition) is 2. The third kappa shape index (κ3) is 6.84. The van der Waals surface area contributed by atoms with Gasteiger partial charge in [0.1, 0.15) is 0 Å². The van der Waals surface area contributed by atoms with Crippen LogP contribution in [-0.4, -0.2) is 19.4 Å². The number of anilines is 1. The molecule has 0 bridgehead atoms. The number of nitrogens with two attached hydrogens (primary N) is 1. The van der Waals surface area contributed by atoms with Crippen LogP contribution in [-0.2, 0) is 11.2 Å². The first-order valence-corrected chi connectivity index (χ1v) is 5.46. The monoisotopic (exact) mass is 247 g/mol. The summed E-state index contributed by atoms with van der Waals surface area (Å²) in [6, 6.07) is 7.44. The first-order chi connectivity index (χ1) is 7.97. The maximum absolute atomic E-state index is 11.8. The Morgan fingerprint density at radius 1 is 1.18 bits per heavy atom. The highest BCUT2D eigenvalue weighted by Gasteiger charge is 2.26. The Balaban J connectivity index is 2.09. The fraction of sp³-hybridized carbons (Fsp3) is 0.500. The van der Waals surface area contributed by atoms with Gasteiger partial charge in [0.2, 0.25) is 0 Å². The van der Waals surface area contributed by atoms with Crippen molar-refractivity contribution in [3.05, 3.63) is 29.8 Å². The van der Waals surface area contributed by atoms with Crippen LogP contribution in [0.2, 0.25) is 0 Å². The molecule has 96 valence electrons. The Bertz CT molecular complexity index is 339. The normalized spacial score (nSPS) is 11.7. The van der Waals surface area contributed by atoms with Gasteiger partial charge >= 0.3 is 6.18 Å². The van der Waals surface area contributed by atoms with Crippen molar-refractivity contribution in [2.24, 2.45) is 0 Å². The number of alkyl halides is 3. The van der Waals surface area contributed by atoms with Crippen molar-refractivity contribution in [2.75, 3.05) is 18.9 Å². The maximum Gasteiger partial charge on any atom is 0.391 e. The van der Waals surface area contributed by atoms with Crippen molar-refractivity contribution in [2.45, 2.75) is 25.4 Å². The van der Waals surface area contributed by atoms with Crippen molar-refractivity contribution < 1.29 is 17.9 Å². The van der Waals surface area contributed by atoms with Crippen LogP contribution in [0.1, 0.15) is 18.4 Å². The summed E-state index contributed by atoms with van der Waals surface area (Å²) in [5.41, 5.74) is 7.37. The molecule has 0 radical (unpaired) electrons. The molecule has 0 amide bonds. The van der Waals surface area contributed by atoms with Gasteiger partial charge in [-0.2, -0.15) is 13.2 Å². The van der Waals surface area contributed by atoms with E-state index in [1.165, 1.54) is 0 Å². The average molecular weight is 247 g/mol. The lowest BCUT2D eigenvalue weighted by molar-refractivity contribution is -0.145. The minimum atomic E-state index is -4.13. The van der Waals surface area contributed by atoms with Crippen LogP contribution in [0.4, 0.5) is 18.9 Å². The van der Waals surface area contributed by atoms with Crippen LogP contribution >= 0.6 is 0 Å². The van der Waals surface area contributed by atoms with Gasteiger partial charge in [0.25, 0.3) is 0 Å². The number of halogens is 3. The van der Waals surface area contributed by atoms with E-state index in [9.17, 15) is 13.2 Å². The average Bonchev–Trinajstić information content (AvgIpc) is 2.22. The van der Waals surface area contributed by atoms with E-state index in [4.69, 9.17) is 10.5 Å². The molecule has 1 aromatic rings. The van der Waals surface area contributed by atoms with E-state index < -0.39 is 12.6 Å². The summed E-state index contributed by atoms with van der Waals surface area (Å²) in [5, 5.41) is 0. The summed E-state index contributed by atoms with van der Waals surface area (Å²) in [4.78, 5) is 0. The largest absolute Gasteiger partial charge is 0.399 e. The van der Waals surface area contributed by atoms with Gasteiger partial charge in [-0.15, -0.1) is 0 Å². The molecule has 0 aliphatic carbocycles. The Kier molecular flexibility index (Phi) is 5.28. The molecule has 0 atom stereocenters. The molecule has 1 aromatic carbocycles. The minimum absolute atomic E-state index is 0.263. The number of aryl methyl sites for hydroxylation is 1. The zero-order valence-corrected chi connectivity index (χ0v) is 9.46. The lowest BCUT2D eigenvalue weighted by Crippen LogP contribution is -2.12. The van der Waals surface area contributed by atoms with Crippen LogP contribution in [0, 0.1) is 0 Å². The molecule has 0 aliphatic heterocycles. The minimum Gasteiger partial charge on any atom is -0.399 e. The smallest absolute Gasteiger partial charge is 0.391 e. The van der Waals surface area contributed by atoms with Gasteiger partial charge in [-0.3, -0.25) is 0 Å². The Hall–Kier alpha value is -1.23. The van der Waals surface area contributed by atoms with E-state index in [1.807, 2.05) is 18.2 Å². The highest BCUT2D eigenvalue weighted by atomic mass is 19.4. The first kappa shape index (κ1) is 13.8. The highest BCUT2D eigenvalue weighted by molar-refractivity contribution is 5.40. The van der Waals surface area contributed by atoms with Crippen molar-refractivity contribution >= 4 is 5.69 Å². The van der Waals surface area contributed by atoms with Gasteiger partial charge in [-0.05, 0) is 30.5 Å². The summed E-state index contributed by atoms with van der Waals surface area (Å²) in [6.07, 6.45) is -3.56. The van der Waals surface area contributed by atoms with Crippen molar-refractivity contribution in [3.8, 4) is 0 Å². The number of ether oxygens (including phenoxy) is 1. The molecule has 0 fully saturated rings. The second-order valence-electron chi connectivity index (χ2n) is 3.83. The van der Waals surface area contributed by atoms with E-state index >= 15 is 0 Å². The first-order valence-electron chi connectivity index (χ1n) is 5.46. The summed E-state index contributed by atoms with van der Waals surface area (Å²) < 4.78 is 40.3. The van der Waals surface area contributed by atoms with Gasteiger partial charge in [0.15, 0.2) is 0 Å². The number of nitrogen functional groups attached to an aromatic ring is 1. The zero-order valence-electron chi connectivity index (χ0n) is 9.46. The molecule has 1 rings (SSSR count). The van der Waals surface area contributed by atoms with Gasteiger partial charge < -0.3 is 10.5 Å². The number of benzene rings is 1. The van der Waals surface area contributed by atoms with Crippen LogP contribution in [0.15, 0.2) is 24.3 Å². The third-order valence-electron chi connectivity index (χ3n) is 2.24. The molecule has 0 aromatic heterocycles. The molecule has 17 heavy (non-hydrogen) atoms. The second-order valence-corrected chi connectivity index (χ2v) is 3.83. The fourth-order valence-electron chi connectivity index (χ4n) is 1.42. The Morgan fingerprint density at radius 3 is 2.59 bits per heavy atom.